The zero-order chi connectivity index (χ0) is 21.6. The van der Waals surface area contributed by atoms with Crippen molar-refractivity contribution in [1.82, 2.24) is 0 Å². The van der Waals surface area contributed by atoms with Crippen LogP contribution in [0.25, 0.3) is 0 Å². The second-order valence-electron chi connectivity index (χ2n) is 11.3. The van der Waals surface area contributed by atoms with Crippen molar-refractivity contribution < 1.29 is 8.78 Å². The number of hydrogen-bond donors (Lipinski definition) is 0. The van der Waals surface area contributed by atoms with Crippen LogP contribution < -0.4 is 0 Å². The van der Waals surface area contributed by atoms with Crippen LogP contribution in [-0.4, -0.2) is 0 Å². The lowest BCUT2D eigenvalue weighted by molar-refractivity contribution is 0.0613. The average Bonchev–Trinajstić information content (AvgIpc) is 2.80. The molecule has 3 aliphatic rings. The molecule has 0 saturated heterocycles. The van der Waals surface area contributed by atoms with Gasteiger partial charge in [0.25, 0.3) is 0 Å². The first-order valence-electron chi connectivity index (χ1n) is 13.6. The van der Waals surface area contributed by atoms with Crippen LogP contribution in [-0.2, 0) is 0 Å². The van der Waals surface area contributed by atoms with Crippen molar-refractivity contribution in [3.05, 3.63) is 35.4 Å². The van der Waals surface area contributed by atoms with Gasteiger partial charge in [-0.3, -0.25) is 0 Å². The van der Waals surface area contributed by atoms with E-state index in [1.54, 1.807) is 6.07 Å². The van der Waals surface area contributed by atoms with Gasteiger partial charge in [0.1, 0.15) is 0 Å². The molecule has 3 fully saturated rings. The summed E-state index contributed by atoms with van der Waals surface area (Å²) in [6.45, 7) is 2.30. The Balaban J connectivity index is 1.19. The topological polar surface area (TPSA) is 0 Å². The minimum atomic E-state index is -0.722. The van der Waals surface area contributed by atoms with Gasteiger partial charge in [-0.1, -0.05) is 57.9 Å². The molecule has 1 aromatic rings. The molecule has 0 aromatic heterocycles. The fraction of sp³-hybridized carbons (Fsp3) is 0.793. The van der Waals surface area contributed by atoms with Gasteiger partial charge in [0.15, 0.2) is 11.6 Å². The first-order valence-corrected chi connectivity index (χ1v) is 13.6. The van der Waals surface area contributed by atoms with E-state index in [1.165, 1.54) is 102 Å². The van der Waals surface area contributed by atoms with Crippen LogP contribution in [0.3, 0.4) is 0 Å². The second-order valence-corrected chi connectivity index (χ2v) is 11.3. The van der Waals surface area contributed by atoms with Crippen LogP contribution in [0.5, 0.6) is 0 Å². The summed E-state index contributed by atoms with van der Waals surface area (Å²) in [5.74, 6) is 3.86. The molecule has 4 rings (SSSR count). The molecule has 0 spiro atoms. The molecule has 0 heterocycles. The molecule has 3 aliphatic carbocycles. The van der Waals surface area contributed by atoms with Gasteiger partial charge >= 0.3 is 0 Å². The van der Waals surface area contributed by atoms with Gasteiger partial charge in [-0.2, -0.15) is 0 Å². The number of rotatable bonds is 8. The highest BCUT2D eigenvalue weighted by molar-refractivity contribution is 5.22. The van der Waals surface area contributed by atoms with Crippen LogP contribution in [0.4, 0.5) is 8.78 Å². The maximum Gasteiger partial charge on any atom is 0.159 e. The molecule has 0 nitrogen and oxygen atoms in total. The van der Waals surface area contributed by atoms with Crippen LogP contribution in [0.1, 0.15) is 121 Å². The Labute approximate surface area is 189 Å². The third-order valence-electron chi connectivity index (χ3n) is 9.33. The van der Waals surface area contributed by atoms with Crippen LogP contribution >= 0.6 is 0 Å². The van der Waals surface area contributed by atoms with Crippen molar-refractivity contribution in [3.63, 3.8) is 0 Å². The van der Waals surface area contributed by atoms with E-state index in [-0.39, 0.29) is 0 Å². The molecule has 0 aliphatic heterocycles. The molecule has 0 amide bonds. The summed E-state index contributed by atoms with van der Waals surface area (Å²) in [5, 5.41) is 0. The molecule has 1 aromatic carbocycles. The molecule has 0 bridgehead atoms. The Bertz CT molecular complexity index is 675. The molecule has 4 unspecified atom stereocenters. The lowest BCUT2D eigenvalue weighted by atomic mass is 9.60. The predicted molar refractivity (Wildman–Crippen MR) is 126 cm³/mol. The SMILES string of the molecule is CCCCCCCC1CCC2CC(C3CCC(c4ccc(F)c(F)c4)CC3)CCC2C1. The smallest absolute Gasteiger partial charge is 0.159 e. The number of benzene rings is 1. The van der Waals surface area contributed by atoms with E-state index in [1.807, 2.05) is 0 Å². The first kappa shape index (κ1) is 23.2. The Morgan fingerprint density at radius 3 is 2.06 bits per heavy atom. The first-order chi connectivity index (χ1) is 15.1. The van der Waals surface area contributed by atoms with E-state index in [0.29, 0.717) is 5.92 Å². The van der Waals surface area contributed by atoms with Crippen LogP contribution in [0.2, 0.25) is 0 Å². The molecule has 2 heteroatoms. The number of halogens is 2. The van der Waals surface area contributed by atoms with Gasteiger partial charge in [-0.25, -0.2) is 8.78 Å². The van der Waals surface area contributed by atoms with Crippen molar-refractivity contribution >= 4 is 0 Å². The Morgan fingerprint density at radius 2 is 1.32 bits per heavy atom. The normalized spacial score (nSPS) is 33.8. The molecule has 0 radical (unpaired) electrons. The largest absolute Gasteiger partial charge is 0.204 e. The monoisotopic (exact) mass is 430 g/mol. The fourth-order valence-corrected chi connectivity index (χ4v) is 7.44. The highest BCUT2D eigenvalue weighted by Gasteiger charge is 2.38. The number of hydrogen-bond acceptors (Lipinski definition) is 0. The zero-order valence-electron chi connectivity index (χ0n) is 19.8. The van der Waals surface area contributed by atoms with E-state index in [4.69, 9.17) is 0 Å². The summed E-state index contributed by atoms with van der Waals surface area (Å²) in [5.41, 5.74) is 1.01. The number of fused-ring (bicyclic) bond motifs is 1. The summed E-state index contributed by atoms with van der Waals surface area (Å²) in [6.07, 6.45) is 22.4. The third-order valence-corrected chi connectivity index (χ3v) is 9.33. The minimum Gasteiger partial charge on any atom is -0.204 e. The molecular weight excluding hydrogens is 386 g/mol. The van der Waals surface area contributed by atoms with E-state index in [0.717, 1.165) is 48.0 Å². The Hall–Kier alpha value is -0.920. The molecule has 0 N–H and O–H groups in total. The van der Waals surface area contributed by atoms with Gasteiger partial charge in [-0.15, -0.1) is 0 Å². The summed E-state index contributed by atoms with van der Waals surface area (Å²) in [6, 6.07) is 4.55. The maximum absolute atomic E-state index is 13.6. The van der Waals surface area contributed by atoms with Crippen molar-refractivity contribution in [1.29, 1.82) is 0 Å². The summed E-state index contributed by atoms with van der Waals surface area (Å²) >= 11 is 0. The van der Waals surface area contributed by atoms with Crippen molar-refractivity contribution in [2.24, 2.45) is 29.6 Å². The molecule has 4 atom stereocenters. The van der Waals surface area contributed by atoms with Crippen LogP contribution in [0.15, 0.2) is 18.2 Å². The van der Waals surface area contributed by atoms with Gasteiger partial charge in [-0.05, 0) is 111 Å². The van der Waals surface area contributed by atoms with E-state index in [2.05, 4.69) is 6.92 Å². The lowest BCUT2D eigenvalue weighted by Gasteiger charge is -2.45. The lowest BCUT2D eigenvalue weighted by Crippen LogP contribution is -2.34. The Morgan fingerprint density at radius 1 is 0.677 bits per heavy atom. The molecular formula is C29H44F2. The van der Waals surface area contributed by atoms with E-state index in [9.17, 15) is 8.78 Å². The van der Waals surface area contributed by atoms with Gasteiger partial charge in [0, 0.05) is 0 Å². The van der Waals surface area contributed by atoms with Gasteiger partial charge < -0.3 is 0 Å². The summed E-state index contributed by atoms with van der Waals surface area (Å²) < 4.78 is 26.9. The zero-order valence-corrected chi connectivity index (χ0v) is 19.8. The van der Waals surface area contributed by atoms with E-state index >= 15 is 0 Å². The van der Waals surface area contributed by atoms with Gasteiger partial charge in [0.2, 0.25) is 0 Å². The maximum atomic E-state index is 13.6. The molecule has 31 heavy (non-hydrogen) atoms. The minimum absolute atomic E-state index is 0.426. The fourth-order valence-electron chi connectivity index (χ4n) is 7.44. The second kappa shape index (κ2) is 11.3. The van der Waals surface area contributed by atoms with Crippen molar-refractivity contribution in [2.45, 2.75) is 116 Å². The van der Waals surface area contributed by atoms with Gasteiger partial charge in [0.05, 0.1) is 0 Å². The summed E-state index contributed by atoms with van der Waals surface area (Å²) in [7, 11) is 0. The Kier molecular flexibility index (Phi) is 8.46. The van der Waals surface area contributed by atoms with E-state index < -0.39 is 11.6 Å². The average molecular weight is 431 g/mol. The standard InChI is InChI=1S/C29H44F2/c1-2-3-4-5-6-7-21-8-9-26-19-25(15-14-24(26)18-21)22-10-12-23(13-11-22)27-16-17-28(30)29(31)20-27/h16-17,20-26H,2-15,18-19H2,1H3. The molecule has 3 saturated carbocycles. The quantitative estimate of drug-likeness (QED) is 0.360. The number of unbranched alkanes of at least 4 members (excludes halogenated alkanes) is 4. The predicted octanol–water partition coefficient (Wildman–Crippen LogP) is 9.43. The molecule has 174 valence electrons. The third kappa shape index (κ3) is 6.11. The van der Waals surface area contributed by atoms with Crippen LogP contribution in [0, 0.1) is 41.2 Å². The van der Waals surface area contributed by atoms with Crippen molar-refractivity contribution in [2.75, 3.05) is 0 Å². The summed E-state index contributed by atoms with van der Waals surface area (Å²) in [4.78, 5) is 0. The highest BCUT2D eigenvalue weighted by Crippen LogP contribution is 2.50. The highest BCUT2D eigenvalue weighted by atomic mass is 19.2. The van der Waals surface area contributed by atoms with Crippen molar-refractivity contribution in [3.8, 4) is 0 Å².